The van der Waals surface area contributed by atoms with Crippen molar-refractivity contribution >= 4 is 17.7 Å². The quantitative estimate of drug-likeness (QED) is 0.0453. The van der Waals surface area contributed by atoms with E-state index in [2.05, 4.69) is 32.6 Å². The highest BCUT2D eigenvalue weighted by atomic mass is 16.5. The van der Waals surface area contributed by atoms with Gasteiger partial charge in [-0.2, -0.15) is 0 Å². The molecule has 0 spiro atoms. The molecule has 0 bridgehead atoms. The van der Waals surface area contributed by atoms with E-state index in [1.54, 1.807) is 0 Å². The van der Waals surface area contributed by atoms with Crippen molar-refractivity contribution in [3.63, 3.8) is 0 Å². The van der Waals surface area contributed by atoms with Gasteiger partial charge in [0.1, 0.15) is 11.9 Å². The second kappa shape index (κ2) is 36.6. The number of unbranched alkanes of at least 4 members (excludes halogenated alkanes) is 23. The van der Waals surface area contributed by atoms with Gasteiger partial charge in [-0.05, 0) is 92.3 Å². The van der Waals surface area contributed by atoms with Crippen LogP contribution in [0.4, 0.5) is 0 Å². The van der Waals surface area contributed by atoms with Crippen molar-refractivity contribution in [2.45, 2.75) is 266 Å². The largest absolute Gasteiger partial charge is 0.465 e. The maximum absolute atomic E-state index is 13.1. The first-order valence-corrected chi connectivity index (χ1v) is 24.4. The number of nitrogens with zero attached hydrogens (tertiary/aromatic N) is 1. The number of carbonyl (C=O) groups excluding carboxylic acids is 3. The van der Waals surface area contributed by atoms with Crippen LogP contribution < -0.4 is 0 Å². The Bertz CT molecular complexity index is 868. The third-order valence-electron chi connectivity index (χ3n) is 12.0. The minimum atomic E-state index is -0.473. The van der Waals surface area contributed by atoms with E-state index < -0.39 is 5.41 Å². The van der Waals surface area contributed by atoms with E-state index in [1.165, 1.54) is 116 Å². The summed E-state index contributed by atoms with van der Waals surface area (Å²) in [7, 11) is 4.06. The van der Waals surface area contributed by atoms with Crippen LogP contribution in [0.5, 0.6) is 0 Å². The third kappa shape index (κ3) is 33.5. The summed E-state index contributed by atoms with van der Waals surface area (Å²) < 4.78 is 11.7. The summed E-state index contributed by atoms with van der Waals surface area (Å²) in [6, 6.07) is 0. The van der Waals surface area contributed by atoms with E-state index in [9.17, 15) is 14.4 Å². The zero-order valence-corrected chi connectivity index (χ0v) is 39.0. The first-order valence-electron chi connectivity index (χ1n) is 24.4. The number of ether oxygens (including phenoxy) is 2. The number of hydrogen-bond donors (Lipinski definition) is 0. The Morgan fingerprint density at radius 3 is 1.36 bits per heavy atom. The van der Waals surface area contributed by atoms with Crippen LogP contribution in [0.1, 0.15) is 260 Å². The summed E-state index contributed by atoms with van der Waals surface area (Å²) >= 11 is 0. The van der Waals surface area contributed by atoms with Crippen LogP contribution in [0, 0.1) is 10.8 Å². The fourth-order valence-electron chi connectivity index (χ4n) is 7.76. The lowest BCUT2D eigenvalue weighted by molar-refractivity contribution is -0.154. The monoisotopic (exact) mass is 792 g/mol. The van der Waals surface area contributed by atoms with Crippen LogP contribution in [0.15, 0.2) is 0 Å². The highest BCUT2D eigenvalue weighted by Gasteiger charge is 2.29. The van der Waals surface area contributed by atoms with Gasteiger partial charge < -0.3 is 14.4 Å². The fourth-order valence-corrected chi connectivity index (χ4v) is 7.76. The van der Waals surface area contributed by atoms with E-state index in [0.29, 0.717) is 25.2 Å². The number of ketones is 1. The van der Waals surface area contributed by atoms with Gasteiger partial charge in [0.25, 0.3) is 0 Å². The first kappa shape index (κ1) is 54.6. The van der Waals surface area contributed by atoms with Crippen molar-refractivity contribution in [2.24, 2.45) is 10.8 Å². The SMILES string of the molecule is CCCCCCCCCCCCCC(=O)C(C)(C)CCCCCC(CCCCCC(C)(C)C(=O)OCCCCCCCCCCCC)OC(=O)CCCN(C)C. The Morgan fingerprint density at radius 1 is 0.482 bits per heavy atom. The molecule has 0 aromatic heterocycles. The standard InChI is InChI=1S/C50H97NO5/c1-9-11-13-15-17-19-21-22-24-26-32-39-46(52)49(3,4)41-33-28-30-37-45(56-47(53)40-36-43-51(7)8)38-31-29-34-42-50(5,6)48(54)55-44-35-27-25-23-20-18-16-14-12-10-2/h45H,9-44H2,1-8H3. The minimum Gasteiger partial charge on any atom is -0.465 e. The average molecular weight is 792 g/mol. The van der Waals surface area contributed by atoms with E-state index in [4.69, 9.17) is 9.47 Å². The maximum Gasteiger partial charge on any atom is 0.311 e. The molecule has 6 nitrogen and oxygen atoms in total. The lowest BCUT2D eigenvalue weighted by Crippen LogP contribution is -2.27. The molecule has 0 saturated carbocycles. The zero-order valence-electron chi connectivity index (χ0n) is 39.0. The molecule has 6 heteroatoms. The smallest absolute Gasteiger partial charge is 0.311 e. The van der Waals surface area contributed by atoms with Gasteiger partial charge in [0.15, 0.2) is 0 Å². The van der Waals surface area contributed by atoms with E-state index >= 15 is 0 Å². The molecule has 1 atom stereocenters. The molecular weight excluding hydrogens is 695 g/mol. The lowest BCUT2D eigenvalue weighted by Gasteiger charge is -2.24. The summed E-state index contributed by atoms with van der Waals surface area (Å²) in [5.74, 6) is 0.262. The Morgan fingerprint density at radius 2 is 0.893 bits per heavy atom. The molecule has 0 heterocycles. The molecule has 0 N–H and O–H groups in total. The van der Waals surface area contributed by atoms with Gasteiger partial charge in [-0.15, -0.1) is 0 Å². The molecule has 0 radical (unpaired) electrons. The van der Waals surface area contributed by atoms with Crippen LogP contribution in [0.3, 0.4) is 0 Å². The lowest BCUT2D eigenvalue weighted by atomic mass is 9.80. The van der Waals surface area contributed by atoms with Gasteiger partial charge in [-0.1, -0.05) is 175 Å². The Hall–Kier alpha value is -1.43. The number of hydrogen-bond acceptors (Lipinski definition) is 6. The van der Waals surface area contributed by atoms with Gasteiger partial charge in [0, 0.05) is 18.3 Å². The molecular formula is C50H97NO5. The zero-order chi connectivity index (χ0) is 41.8. The minimum absolute atomic E-state index is 0.0587. The summed E-state index contributed by atoms with van der Waals surface area (Å²) in [6.07, 6.45) is 38.5. The summed E-state index contributed by atoms with van der Waals surface area (Å²) in [5, 5.41) is 0. The van der Waals surface area contributed by atoms with Gasteiger partial charge in [-0.25, -0.2) is 0 Å². The van der Waals surface area contributed by atoms with E-state index in [-0.39, 0.29) is 23.5 Å². The highest BCUT2D eigenvalue weighted by molar-refractivity contribution is 5.83. The average Bonchev–Trinajstić information content (AvgIpc) is 3.15. The van der Waals surface area contributed by atoms with Gasteiger partial charge in [0.2, 0.25) is 0 Å². The predicted molar refractivity (Wildman–Crippen MR) is 240 cm³/mol. The number of carbonyl (C=O) groups is 3. The molecule has 0 amide bonds. The summed E-state index contributed by atoms with van der Waals surface area (Å²) in [4.78, 5) is 40.7. The van der Waals surface area contributed by atoms with Crippen molar-refractivity contribution in [3.8, 4) is 0 Å². The molecule has 1 unspecified atom stereocenters. The van der Waals surface area contributed by atoms with Crippen LogP contribution in [0.25, 0.3) is 0 Å². The molecule has 0 aliphatic carbocycles. The topological polar surface area (TPSA) is 72.9 Å². The molecule has 0 aliphatic heterocycles. The maximum atomic E-state index is 13.1. The summed E-state index contributed by atoms with van der Waals surface area (Å²) in [6.45, 7) is 14.2. The molecule has 0 aliphatic rings. The van der Waals surface area contributed by atoms with Crippen molar-refractivity contribution in [3.05, 3.63) is 0 Å². The highest BCUT2D eigenvalue weighted by Crippen LogP contribution is 2.29. The van der Waals surface area contributed by atoms with Crippen molar-refractivity contribution in [1.29, 1.82) is 0 Å². The van der Waals surface area contributed by atoms with Gasteiger partial charge in [-0.3, -0.25) is 14.4 Å². The van der Waals surface area contributed by atoms with Crippen molar-refractivity contribution in [1.82, 2.24) is 4.90 Å². The van der Waals surface area contributed by atoms with Crippen LogP contribution in [-0.2, 0) is 23.9 Å². The van der Waals surface area contributed by atoms with E-state index in [0.717, 1.165) is 96.4 Å². The molecule has 0 aromatic carbocycles. The van der Waals surface area contributed by atoms with Crippen LogP contribution >= 0.6 is 0 Å². The Labute approximate surface area is 349 Å². The predicted octanol–water partition coefficient (Wildman–Crippen LogP) is 14.9. The third-order valence-corrected chi connectivity index (χ3v) is 12.0. The second-order valence-corrected chi connectivity index (χ2v) is 19.0. The normalized spacial score (nSPS) is 12.7. The number of esters is 2. The van der Waals surface area contributed by atoms with Crippen LogP contribution in [0.2, 0.25) is 0 Å². The molecule has 0 fully saturated rings. The summed E-state index contributed by atoms with van der Waals surface area (Å²) in [5.41, 5.74) is -0.733. The van der Waals surface area contributed by atoms with Crippen LogP contribution in [-0.4, -0.2) is 56.0 Å². The second-order valence-electron chi connectivity index (χ2n) is 19.0. The van der Waals surface area contributed by atoms with Gasteiger partial charge in [0.05, 0.1) is 12.0 Å². The number of rotatable bonds is 42. The Kier molecular flexibility index (Phi) is 35.7. The van der Waals surface area contributed by atoms with Crippen molar-refractivity contribution in [2.75, 3.05) is 27.2 Å². The fraction of sp³-hybridized carbons (Fsp3) is 0.940. The Balaban J connectivity index is 4.42. The number of Topliss-reactive ketones (excluding diaryl/α,β-unsaturated/α-hetero) is 1. The molecule has 56 heavy (non-hydrogen) atoms. The van der Waals surface area contributed by atoms with Gasteiger partial charge >= 0.3 is 11.9 Å². The molecule has 0 saturated heterocycles. The first-order chi connectivity index (χ1) is 26.9. The van der Waals surface area contributed by atoms with Crippen molar-refractivity contribution < 1.29 is 23.9 Å². The molecule has 332 valence electrons. The molecule has 0 aromatic rings. The molecule has 0 rings (SSSR count). The van der Waals surface area contributed by atoms with E-state index in [1.807, 2.05) is 27.9 Å².